The van der Waals surface area contributed by atoms with Crippen LogP contribution in [-0.4, -0.2) is 15.0 Å². The highest BCUT2D eigenvalue weighted by Gasteiger charge is 2.16. The first-order valence-corrected chi connectivity index (χ1v) is 8.76. The Balaban J connectivity index is 2.16. The largest absolute Gasteiger partial charge is 0.492 e. The van der Waals surface area contributed by atoms with Crippen molar-refractivity contribution in [2.45, 2.75) is 25.3 Å². The van der Waals surface area contributed by atoms with Gasteiger partial charge in [-0.25, -0.2) is 13.1 Å². The van der Waals surface area contributed by atoms with Crippen molar-refractivity contribution < 1.29 is 13.2 Å². The number of hydrogen-bond donors (Lipinski definition) is 1. The first kappa shape index (κ1) is 16.8. The summed E-state index contributed by atoms with van der Waals surface area (Å²) in [4.78, 5) is 0.132. The minimum absolute atomic E-state index is 0.132. The van der Waals surface area contributed by atoms with Crippen LogP contribution in [0.25, 0.3) is 0 Å². The number of rotatable bonds is 6. The summed E-state index contributed by atoms with van der Waals surface area (Å²) in [5.41, 5.74) is 2.03. The Labute approximate surface area is 136 Å². The fraction of sp³-hybridized carbons (Fsp3) is 0.250. The standard InChI is InChI=1S/C16H18ClNO3S/c1-3-21-16-10-14(8-9-15(16)17)22(19,20)18-11-13-6-4-12(2)5-7-13/h4-10,18H,3,11H2,1-2H3. The molecule has 0 aliphatic carbocycles. The molecule has 0 atom stereocenters. The number of benzene rings is 2. The molecule has 4 nitrogen and oxygen atoms in total. The van der Waals surface area contributed by atoms with E-state index in [1.54, 1.807) is 0 Å². The third-order valence-electron chi connectivity index (χ3n) is 3.10. The Bertz CT molecular complexity index is 742. The fourth-order valence-electron chi connectivity index (χ4n) is 1.88. The van der Waals surface area contributed by atoms with E-state index in [0.717, 1.165) is 11.1 Å². The summed E-state index contributed by atoms with van der Waals surface area (Å²) in [5.74, 6) is 0.363. The van der Waals surface area contributed by atoms with E-state index in [9.17, 15) is 8.42 Å². The van der Waals surface area contributed by atoms with E-state index in [1.165, 1.54) is 18.2 Å². The summed E-state index contributed by atoms with van der Waals surface area (Å²) < 4.78 is 32.6. The van der Waals surface area contributed by atoms with E-state index >= 15 is 0 Å². The first-order chi connectivity index (χ1) is 10.4. The van der Waals surface area contributed by atoms with Gasteiger partial charge < -0.3 is 4.74 Å². The van der Waals surface area contributed by atoms with Crippen LogP contribution < -0.4 is 9.46 Å². The van der Waals surface area contributed by atoms with Crippen LogP contribution in [-0.2, 0) is 16.6 Å². The van der Waals surface area contributed by atoms with E-state index in [1.807, 2.05) is 38.1 Å². The monoisotopic (exact) mass is 339 g/mol. The van der Waals surface area contributed by atoms with Gasteiger partial charge in [-0.15, -0.1) is 0 Å². The van der Waals surface area contributed by atoms with E-state index in [-0.39, 0.29) is 11.4 Å². The van der Waals surface area contributed by atoms with Crippen molar-refractivity contribution >= 4 is 21.6 Å². The summed E-state index contributed by atoms with van der Waals surface area (Å²) >= 11 is 5.97. The number of nitrogens with one attached hydrogen (secondary N) is 1. The summed E-state index contributed by atoms with van der Waals surface area (Å²) in [5, 5.41) is 0.388. The number of halogens is 1. The minimum atomic E-state index is -3.61. The van der Waals surface area contributed by atoms with Crippen molar-refractivity contribution in [1.82, 2.24) is 4.72 Å². The second-order valence-corrected chi connectivity index (χ2v) is 7.01. The number of ether oxygens (including phenoxy) is 1. The van der Waals surface area contributed by atoms with Crippen LogP contribution in [0.5, 0.6) is 5.75 Å². The van der Waals surface area contributed by atoms with Crippen LogP contribution >= 0.6 is 11.6 Å². The zero-order valence-corrected chi connectivity index (χ0v) is 14.0. The molecular weight excluding hydrogens is 322 g/mol. The molecule has 22 heavy (non-hydrogen) atoms. The minimum Gasteiger partial charge on any atom is -0.492 e. The number of sulfonamides is 1. The molecule has 0 fully saturated rings. The van der Waals surface area contributed by atoms with E-state index in [4.69, 9.17) is 16.3 Å². The Morgan fingerprint density at radius 2 is 1.82 bits per heavy atom. The van der Waals surface area contributed by atoms with Gasteiger partial charge in [-0.05, 0) is 31.5 Å². The summed E-state index contributed by atoms with van der Waals surface area (Å²) in [6.45, 7) is 4.44. The van der Waals surface area contributed by atoms with Gasteiger partial charge in [-0.3, -0.25) is 0 Å². The van der Waals surface area contributed by atoms with Crippen LogP contribution in [0, 0.1) is 6.92 Å². The Hall–Kier alpha value is -1.56. The normalized spacial score (nSPS) is 11.4. The smallest absolute Gasteiger partial charge is 0.241 e. The highest BCUT2D eigenvalue weighted by Crippen LogP contribution is 2.27. The van der Waals surface area contributed by atoms with Gasteiger partial charge in [-0.2, -0.15) is 0 Å². The lowest BCUT2D eigenvalue weighted by molar-refractivity contribution is 0.339. The first-order valence-electron chi connectivity index (χ1n) is 6.90. The molecule has 0 bridgehead atoms. The zero-order valence-electron chi connectivity index (χ0n) is 12.5. The van der Waals surface area contributed by atoms with Crippen molar-refractivity contribution in [2.75, 3.05) is 6.61 Å². The van der Waals surface area contributed by atoms with Crippen LogP contribution in [0.4, 0.5) is 0 Å². The average molecular weight is 340 g/mol. The molecule has 2 rings (SSSR count). The van der Waals surface area contributed by atoms with E-state index in [2.05, 4.69) is 4.72 Å². The summed E-state index contributed by atoms with van der Waals surface area (Å²) in [6, 6.07) is 12.1. The predicted molar refractivity (Wildman–Crippen MR) is 87.8 cm³/mol. The van der Waals surface area contributed by atoms with Gasteiger partial charge in [0.15, 0.2) is 0 Å². The van der Waals surface area contributed by atoms with Gasteiger partial charge in [0.1, 0.15) is 5.75 Å². The second-order valence-electron chi connectivity index (χ2n) is 4.84. The molecule has 0 aliphatic heterocycles. The lowest BCUT2D eigenvalue weighted by atomic mass is 10.2. The quantitative estimate of drug-likeness (QED) is 0.876. The van der Waals surface area contributed by atoms with Gasteiger partial charge in [-0.1, -0.05) is 41.4 Å². The predicted octanol–water partition coefficient (Wildman–Crippen LogP) is 3.53. The topological polar surface area (TPSA) is 55.4 Å². The van der Waals surface area contributed by atoms with Crippen LogP contribution in [0.2, 0.25) is 5.02 Å². The molecule has 0 saturated carbocycles. The molecule has 1 N–H and O–H groups in total. The summed E-state index contributed by atoms with van der Waals surface area (Å²) in [7, 11) is -3.61. The molecule has 0 saturated heterocycles. The van der Waals surface area contributed by atoms with Gasteiger partial charge in [0.2, 0.25) is 10.0 Å². The molecule has 0 heterocycles. The van der Waals surface area contributed by atoms with Crippen molar-refractivity contribution in [3.63, 3.8) is 0 Å². The molecule has 0 aliphatic rings. The Morgan fingerprint density at radius 1 is 1.14 bits per heavy atom. The SMILES string of the molecule is CCOc1cc(S(=O)(=O)NCc2ccc(C)cc2)ccc1Cl. The molecule has 0 unspecified atom stereocenters. The molecule has 0 amide bonds. The maximum absolute atomic E-state index is 12.3. The molecular formula is C16H18ClNO3S. The third-order valence-corrected chi connectivity index (χ3v) is 4.81. The van der Waals surface area contributed by atoms with E-state index in [0.29, 0.717) is 17.4 Å². The van der Waals surface area contributed by atoms with Crippen molar-refractivity contribution in [3.05, 3.63) is 58.6 Å². The Morgan fingerprint density at radius 3 is 2.45 bits per heavy atom. The van der Waals surface area contributed by atoms with Crippen molar-refractivity contribution in [1.29, 1.82) is 0 Å². The molecule has 118 valence electrons. The summed E-state index contributed by atoms with van der Waals surface area (Å²) in [6.07, 6.45) is 0. The molecule has 2 aromatic rings. The molecule has 0 aromatic heterocycles. The van der Waals surface area contributed by atoms with Crippen LogP contribution in [0.1, 0.15) is 18.1 Å². The van der Waals surface area contributed by atoms with Crippen molar-refractivity contribution in [3.8, 4) is 5.75 Å². The zero-order chi connectivity index (χ0) is 16.2. The van der Waals surface area contributed by atoms with Gasteiger partial charge in [0.05, 0.1) is 16.5 Å². The van der Waals surface area contributed by atoms with Crippen molar-refractivity contribution in [2.24, 2.45) is 0 Å². The van der Waals surface area contributed by atoms with Gasteiger partial charge >= 0.3 is 0 Å². The van der Waals surface area contributed by atoms with Gasteiger partial charge in [0.25, 0.3) is 0 Å². The Kier molecular flexibility index (Phi) is 5.45. The maximum Gasteiger partial charge on any atom is 0.241 e. The maximum atomic E-state index is 12.3. The van der Waals surface area contributed by atoms with Crippen LogP contribution in [0.15, 0.2) is 47.4 Å². The van der Waals surface area contributed by atoms with Gasteiger partial charge in [0, 0.05) is 12.6 Å². The second kappa shape index (κ2) is 7.13. The number of hydrogen-bond acceptors (Lipinski definition) is 3. The highest BCUT2D eigenvalue weighted by molar-refractivity contribution is 7.89. The lowest BCUT2D eigenvalue weighted by Crippen LogP contribution is -2.23. The molecule has 6 heteroatoms. The molecule has 0 spiro atoms. The third kappa shape index (κ3) is 4.22. The highest BCUT2D eigenvalue weighted by atomic mass is 35.5. The average Bonchev–Trinajstić information content (AvgIpc) is 2.49. The molecule has 0 radical (unpaired) electrons. The van der Waals surface area contributed by atoms with Crippen LogP contribution in [0.3, 0.4) is 0 Å². The fourth-order valence-corrected chi connectivity index (χ4v) is 3.09. The molecule has 2 aromatic carbocycles. The number of aryl methyl sites for hydroxylation is 1. The van der Waals surface area contributed by atoms with E-state index < -0.39 is 10.0 Å². The lowest BCUT2D eigenvalue weighted by Gasteiger charge is -2.10.